The molecule has 0 radical (unpaired) electrons. The zero-order valence-corrected chi connectivity index (χ0v) is 19.7. The predicted octanol–water partition coefficient (Wildman–Crippen LogP) is 4.53. The van der Waals surface area contributed by atoms with Gasteiger partial charge in [0, 0.05) is 25.2 Å². The highest BCUT2D eigenvalue weighted by molar-refractivity contribution is 6.07. The van der Waals surface area contributed by atoms with Crippen molar-refractivity contribution in [2.75, 3.05) is 16.8 Å². The van der Waals surface area contributed by atoms with Gasteiger partial charge in [0.25, 0.3) is 5.91 Å². The largest absolute Gasteiger partial charge is 0.348 e. The molecule has 6 nitrogen and oxygen atoms in total. The second kappa shape index (κ2) is 9.91. The van der Waals surface area contributed by atoms with E-state index in [-0.39, 0.29) is 24.1 Å². The maximum atomic E-state index is 13.0. The normalized spacial score (nSPS) is 15.3. The van der Waals surface area contributed by atoms with Crippen molar-refractivity contribution in [2.24, 2.45) is 5.92 Å². The lowest BCUT2D eigenvalue weighted by molar-refractivity contribution is -0.122. The molecule has 1 saturated heterocycles. The molecule has 0 spiro atoms. The minimum atomic E-state index is -0.489. The number of nitrogens with one attached hydrogen (secondary N) is 2. The van der Waals surface area contributed by atoms with Crippen LogP contribution in [0.2, 0.25) is 0 Å². The Labute approximate surface area is 200 Å². The van der Waals surface area contributed by atoms with Crippen molar-refractivity contribution in [3.63, 3.8) is 0 Å². The number of nitrogens with zero attached hydrogens (tertiary/aromatic N) is 1. The topological polar surface area (TPSA) is 78.5 Å². The van der Waals surface area contributed by atoms with E-state index in [1.165, 1.54) is 0 Å². The highest BCUT2D eigenvalue weighted by Crippen LogP contribution is 2.28. The third-order valence-electron chi connectivity index (χ3n) is 6.43. The molecule has 6 heteroatoms. The summed E-state index contributed by atoms with van der Waals surface area (Å²) in [5.74, 6) is -1.10. The van der Waals surface area contributed by atoms with Crippen molar-refractivity contribution in [2.45, 2.75) is 33.7 Å². The number of benzene rings is 3. The Kier molecular flexibility index (Phi) is 6.77. The van der Waals surface area contributed by atoms with E-state index in [1.54, 1.807) is 29.2 Å². The van der Waals surface area contributed by atoms with Crippen LogP contribution in [0.1, 0.15) is 39.0 Å². The molecule has 0 saturated carbocycles. The Morgan fingerprint density at radius 3 is 2.41 bits per heavy atom. The van der Waals surface area contributed by atoms with E-state index < -0.39 is 5.92 Å². The molecule has 0 unspecified atom stereocenters. The molecular weight excluding hydrogens is 426 g/mol. The molecule has 3 aromatic carbocycles. The Morgan fingerprint density at radius 2 is 1.65 bits per heavy atom. The SMILES string of the molecule is Cc1ccc(N2C[C@H](C(=O)Nc3ccccc3C(=O)NCc3ccccc3C)CC2=O)cc1C. The third kappa shape index (κ3) is 5.01. The third-order valence-corrected chi connectivity index (χ3v) is 6.43. The minimum absolute atomic E-state index is 0.0762. The minimum Gasteiger partial charge on any atom is -0.348 e. The fourth-order valence-corrected chi connectivity index (χ4v) is 4.13. The van der Waals surface area contributed by atoms with Crippen molar-refractivity contribution < 1.29 is 14.4 Å². The fraction of sp³-hybridized carbons (Fsp3) is 0.250. The molecule has 1 heterocycles. The standard InChI is InChI=1S/C28H29N3O3/c1-18-12-13-23(14-20(18)3)31-17-22(15-26(31)32)27(33)30-25-11-7-6-10-24(25)28(34)29-16-21-9-5-4-8-19(21)2/h4-14,22H,15-17H2,1-3H3,(H,29,34)(H,30,33)/t22-/m1/s1. The summed E-state index contributed by atoms with van der Waals surface area (Å²) in [7, 11) is 0. The van der Waals surface area contributed by atoms with Gasteiger partial charge in [-0.3, -0.25) is 14.4 Å². The first kappa shape index (κ1) is 23.2. The lowest BCUT2D eigenvalue weighted by Gasteiger charge is -2.18. The van der Waals surface area contributed by atoms with Crippen molar-refractivity contribution in [3.05, 3.63) is 94.5 Å². The van der Waals surface area contributed by atoms with Gasteiger partial charge in [-0.15, -0.1) is 0 Å². The van der Waals surface area contributed by atoms with E-state index in [1.807, 2.05) is 63.2 Å². The van der Waals surface area contributed by atoms with Gasteiger partial charge in [-0.1, -0.05) is 42.5 Å². The number of hydrogen-bond donors (Lipinski definition) is 2. The molecule has 3 aromatic rings. The van der Waals surface area contributed by atoms with Crippen LogP contribution in [0, 0.1) is 26.7 Å². The quantitative estimate of drug-likeness (QED) is 0.573. The number of rotatable bonds is 6. The van der Waals surface area contributed by atoms with Crippen LogP contribution < -0.4 is 15.5 Å². The molecule has 4 rings (SSSR count). The first-order valence-electron chi connectivity index (χ1n) is 11.4. The molecule has 3 amide bonds. The van der Waals surface area contributed by atoms with Crippen molar-refractivity contribution in [1.29, 1.82) is 0 Å². The first-order chi connectivity index (χ1) is 16.3. The summed E-state index contributed by atoms with van der Waals surface area (Å²) in [6, 6.07) is 20.7. The maximum Gasteiger partial charge on any atom is 0.253 e. The summed E-state index contributed by atoms with van der Waals surface area (Å²) in [5.41, 5.74) is 6.02. The molecule has 1 aliphatic rings. The Hall–Kier alpha value is -3.93. The summed E-state index contributed by atoms with van der Waals surface area (Å²) in [4.78, 5) is 40.2. The number of aryl methyl sites for hydroxylation is 3. The predicted molar refractivity (Wildman–Crippen MR) is 134 cm³/mol. The fourth-order valence-electron chi connectivity index (χ4n) is 4.13. The number of anilines is 2. The second-order valence-electron chi connectivity index (χ2n) is 8.82. The highest BCUT2D eigenvalue weighted by Gasteiger charge is 2.35. The van der Waals surface area contributed by atoms with Crippen LogP contribution in [0.15, 0.2) is 66.7 Å². The van der Waals surface area contributed by atoms with Gasteiger partial charge in [0.1, 0.15) is 0 Å². The zero-order chi connectivity index (χ0) is 24.2. The average molecular weight is 456 g/mol. The summed E-state index contributed by atoms with van der Waals surface area (Å²) in [6.45, 7) is 6.74. The lowest BCUT2D eigenvalue weighted by Crippen LogP contribution is -2.29. The summed E-state index contributed by atoms with van der Waals surface area (Å²) in [6.07, 6.45) is 0.139. The molecule has 34 heavy (non-hydrogen) atoms. The number of para-hydroxylation sites is 1. The molecule has 1 atom stereocenters. The molecule has 0 bridgehead atoms. The molecule has 0 aromatic heterocycles. The monoisotopic (exact) mass is 455 g/mol. The van der Waals surface area contributed by atoms with Gasteiger partial charge in [0.2, 0.25) is 11.8 Å². The lowest BCUT2D eigenvalue weighted by atomic mass is 10.1. The van der Waals surface area contributed by atoms with Crippen LogP contribution in [0.25, 0.3) is 0 Å². The van der Waals surface area contributed by atoms with Crippen LogP contribution in [0.4, 0.5) is 11.4 Å². The van der Waals surface area contributed by atoms with Gasteiger partial charge in [-0.05, 0) is 67.3 Å². The number of carbonyl (C=O) groups is 3. The molecular formula is C28H29N3O3. The Bertz CT molecular complexity index is 1250. The molecule has 174 valence electrons. The highest BCUT2D eigenvalue weighted by atomic mass is 16.2. The molecule has 2 N–H and O–H groups in total. The van der Waals surface area contributed by atoms with Gasteiger partial charge in [-0.2, -0.15) is 0 Å². The zero-order valence-electron chi connectivity index (χ0n) is 19.7. The van der Waals surface area contributed by atoms with E-state index in [2.05, 4.69) is 10.6 Å². The van der Waals surface area contributed by atoms with Gasteiger partial charge in [0.15, 0.2) is 0 Å². The van der Waals surface area contributed by atoms with Crippen molar-refractivity contribution in [3.8, 4) is 0 Å². The smallest absolute Gasteiger partial charge is 0.253 e. The van der Waals surface area contributed by atoms with Crippen LogP contribution in [0.3, 0.4) is 0 Å². The van der Waals surface area contributed by atoms with Gasteiger partial charge < -0.3 is 15.5 Å². The summed E-state index contributed by atoms with van der Waals surface area (Å²) >= 11 is 0. The Morgan fingerprint density at radius 1 is 0.912 bits per heavy atom. The maximum absolute atomic E-state index is 13.0. The number of carbonyl (C=O) groups excluding carboxylic acids is 3. The van der Waals surface area contributed by atoms with Crippen LogP contribution >= 0.6 is 0 Å². The van der Waals surface area contributed by atoms with Crippen molar-refractivity contribution in [1.82, 2.24) is 5.32 Å². The van der Waals surface area contributed by atoms with Gasteiger partial charge in [0.05, 0.1) is 17.2 Å². The van der Waals surface area contributed by atoms with Crippen molar-refractivity contribution >= 4 is 29.1 Å². The van der Waals surface area contributed by atoms with Crippen LogP contribution in [0.5, 0.6) is 0 Å². The number of hydrogen-bond acceptors (Lipinski definition) is 3. The Balaban J connectivity index is 1.43. The van der Waals surface area contributed by atoms with Crippen LogP contribution in [-0.2, 0) is 16.1 Å². The first-order valence-corrected chi connectivity index (χ1v) is 11.4. The van der Waals surface area contributed by atoms with E-state index in [0.717, 1.165) is 27.9 Å². The van der Waals surface area contributed by atoms with E-state index in [9.17, 15) is 14.4 Å². The van der Waals surface area contributed by atoms with E-state index >= 15 is 0 Å². The summed E-state index contributed by atoms with van der Waals surface area (Å²) in [5, 5.41) is 5.81. The van der Waals surface area contributed by atoms with E-state index in [4.69, 9.17) is 0 Å². The van der Waals surface area contributed by atoms with E-state index in [0.29, 0.717) is 24.3 Å². The molecule has 1 fully saturated rings. The molecule has 1 aliphatic heterocycles. The average Bonchev–Trinajstić information content (AvgIpc) is 3.22. The van der Waals surface area contributed by atoms with Gasteiger partial charge >= 0.3 is 0 Å². The summed E-state index contributed by atoms with van der Waals surface area (Å²) < 4.78 is 0. The van der Waals surface area contributed by atoms with Gasteiger partial charge in [-0.25, -0.2) is 0 Å². The number of amides is 3. The molecule has 0 aliphatic carbocycles. The second-order valence-corrected chi connectivity index (χ2v) is 8.82. The van der Waals surface area contributed by atoms with Crippen LogP contribution in [-0.4, -0.2) is 24.3 Å².